The van der Waals surface area contributed by atoms with Crippen LogP contribution in [-0.2, 0) is 9.59 Å². The Labute approximate surface area is 113 Å². The van der Waals surface area contributed by atoms with Crippen LogP contribution in [0, 0.1) is 5.92 Å². The minimum atomic E-state index is -1.07. The fourth-order valence-electron chi connectivity index (χ4n) is 1.51. The molecule has 3 amide bonds. The van der Waals surface area contributed by atoms with Gasteiger partial charge in [0, 0.05) is 13.6 Å². The van der Waals surface area contributed by atoms with E-state index >= 15 is 0 Å². The molecule has 19 heavy (non-hydrogen) atoms. The zero-order valence-corrected chi connectivity index (χ0v) is 11.9. The van der Waals surface area contributed by atoms with E-state index in [1.54, 1.807) is 6.92 Å². The van der Waals surface area contributed by atoms with Crippen molar-refractivity contribution in [3.8, 4) is 0 Å². The maximum atomic E-state index is 11.9. The highest BCUT2D eigenvalue weighted by molar-refractivity contribution is 5.86. The number of carbonyl (C=O) groups is 3. The number of aliphatic carboxylic acids is 1. The van der Waals surface area contributed by atoms with Gasteiger partial charge in [0.25, 0.3) is 0 Å². The second kappa shape index (κ2) is 8.34. The molecule has 0 aliphatic rings. The highest BCUT2D eigenvalue weighted by Gasteiger charge is 2.24. The predicted molar refractivity (Wildman–Crippen MR) is 70.7 cm³/mol. The molecular weight excluding hydrogens is 250 g/mol. The molecule has 0 aromatic carbocycles. The number of hydrogen-bond donors (Lipinski definition) is 3. The van der Waals surface area contributed by atoms with Crippen molar-refractivity contribution in [2.24, 2.45) is 5.92 Å². The highest BCUT2D eigenvalue weighted by Crippen LogP contribution is 2.05. The third-order valence-corrected chi connectivity index (χ3v) is 2.59. The number of carboxylic acid groups (broad SMARTS) is 1. The molecule has 0 spiro atoms. The van der Waals surface area contributed by atoms with Crippen molar-refractivity contribution in [2.45, 2.75) is 33.2 Å². The summed E-state index contributed by atoms with van der Waals surface area (Å²) >= 11 is 0. The Balaban J connectivity index is 4.59. The lowest BCUT2D eigenvalue weighted by atomic mass is 10.0. The van der Waals surface area contributed by atoms with E-state index in [9.17, 15) is 14.4 Å². The zero-order valence-electron chi connectivity index (χ0n) is 11.9. The molecule has 0 heterocycles. The maximum Gasteiger partial charge on any atom is 0.326 e. The summed E-state index contributed by atoms with van der Waals surface area (Å²) in [5.74, 6) is -1.22. The fourth-order valence-corrected chi connectivity index (χ4v) is 1.51. The SMILES string of the molecule is CCN(CC(=O)NC)C(=O)NC(CC(C)C)C(=O)O. The van der Waals surface area contributed by atoms with Crippen LogP contribution < -0.4 is 10.6 Å². The lowest BCUT2D eigenvalue weighted by Crippen LogP contribution is -2.50. The molecule has 3 N–H and O–H groups in total. The van der Waals surface area contributed by atoms with E-state index in [0.29, 0.717) is 13.0 Å². The van der Waals surface area contributed by atoms with Crippen LogP contribution in [0.3, 0.4) is 0 Å². The van der Waals surface area contributed by atoms with Crippen LogP contribution in [0.25, 0.3) is 0 Å². The lowest BCUT2D eigenvalue weighted by Gasteiger charge is -2.24. The molecule has 7 nitrogen and oxygen atoms in total. The predicted octanol–water partition coefficient (Wildman–Crippen LogP) is 0.263. The van der Waals surface area contributed by atoms with Crippen molar-refractivity contribution in [1.29, 1.82) is 0 Å². The van der Waals surface area contributed by atoms with Crippen molar-refractivity contribution in [2.75, 3.05) is 20.1 Å². The topological polar surface area (TPSA) is 98.7 Å². The summed E-state index contributed by atoms with van der Waals surface area (Å²) in [6, 6.07) is -1.48. The van der Waals surface area contributed by atoms with Gasteiger partial charge < -0.3 is 20.6 Å². The minimum absolute atomic E-state index is 0.0904. The van der Waals surface area contributed by atoms with Gasteiger partial charge in [0.1, 0.15) is 12.6 Å². The van der Waals surface area contributed by atoms with Gasteiger partial charge in [-0.25, -0.2) is 9.59 Å². The van der Waals surface area contributed by atoms with Crippen LogP contribution in [0.5, 0.6) is 0 Å². The van der Waals surface area contributed by atoms with Crippen LogP contribution in [-0.4, -0.2) is 54.1 Å². The number of rotatable bonds is 7. The zero-order chi connectivity index (χ0) is 15.0. The molecule has 0 radical (unpaired) electrons. The van der Waals surface area contributed by atoms with E-state index in [1.807, 2.05) is 13.8 Å². The molecular formula is C12H23N3O4. The van der Waals surface area contributed by atoms with Crippen molar-refractivity contribution in [3.05, 3.63) is 0 Å². The second-order valence-electron chi connectivity index (χ2n) is 4.66. The first-order valence-corrected chi connectivity index (χ1v) is 6.30. The first-order valence-electron chi connectivity index (χ1n) is 6.30. The molecule has 1 unspecified atom stereocenters. The van der Waals surface area contributed by atoms with Gasteiger partial charge in [-0.3, -0.25) is 4.79 Å². The summed E-state index contributed by atoms with van der Waals surface area (Å²) < 4.78 is 0. The second-order valence-corrected chi connectivity index (χ2v) is 4.66. The Morgan fingerprint density at radius 3 is 2.21 bits per heavy atom. The van der Waals surface area contributed by atoms with Gasteiger partial charge in [-0.05, 0) is 19.3 Å². The standard InChI is InChI=1S/C12H23N3O4/c1-5-15(7-10(16)13-4)12(19)14-9(11(17)18)6-8(2)3/h8-9H,5-7H2,1-4H3,(H,13,16)(H,14,19)(H,17,18). The molecule has 7 heteroatoms. The van der Waals surface area contributed by atoms with Crippen molar-refractivity contribution < 1.29 is 19.5 Å². The van der Waals surface area contributed by atoms with Crippen molar-refractivity contribution in [3.63, 3.8) is 0 Å². The summed E-state index contributed by atoms with van der Waals surface area (Å²) in [5, 5.41) is 13.9. The lowest BCUT2D eigenvalue weighted by molar-refractivity contribution is -0.139. The molecule has 0 aliphatic heterocycles. The van der Waals surface area contributed by atoms with E-state index in [-0.39, 0.29) is 18.4 Å². The smallest absolute Gasteiger partial charge is 0.326 e. The van der Waals surface area contributed by atoms with Crippen LogP contribution in [0.1, 0.15) is 27.2 Å². The minimum Gasteiger partial charge on any atom is -0.480 e. The first-order chi connectivity index (χ1) is 8.81. The Kier molecular flexibility index (Phi) is 7.55. The van der Waals surface area contributed by atoms with Gasteiger partial charge in [-0.1, -0.05) is 13.8 Å². The Hall–Kier alpha value is -1.79. The quantitative estimate of drug-likeness (QED) is 0.619. The molecule has 0 aromatic rings. The molecule has 0 aromatic heterocycles. The van der Waals surface area contributed by atoms with Gasteiger partial charge in [0.2, 0.25) is 5.91 Å². The van der Waals surface area contributed by atoms with Crippen molar-refractivity contribution in [1.82, 2.24) is 15.5 Å². The fraction of sp³-hybridized carbons (Fsp3) is 0.750. The summed E-state index contributed by atoms with van der Waals surface area (Å²) in [6.45, 7) is 5.72. The number of amides is 3. The third kappa shape index (κ3) is 6.64. The van der Waals surface area contributed by atoms with E-state index in [1.165, 1.54) is 11.9 Å². The van der Waals surface area contributed by atoms with E-state index in [2.05, 4.69) is 10.6 Å². The summed E-state index contributed by atoms with van der Waals surface area (Å²) in [5.41, 5.74) is 0. The van der Waals surface area contributed by atoms with Crippen LogP contribution in [0.15, 0.2) is 0 Å². The van der Waals surface area contributed by atoms with Crippen LogP contribution >= 0.6 is 0 Å². The van der Waals surface area contributed by atoms with Gasteiger partial charge in [0.15, 0.2) is 0 Å². The Morgan fingerprint density at radius 2 is 1.84 bits per heavy atom. The number of urea groups is 1. The molecule has 0 saturated heterocycles. The largest absolute Gasteiger partial charge is 0.480 e. The molecule has 0 bridgehead atoms. The maximum absolute atomic E-state index is 11.9. The average Bonchev–Trinajstić information content (AvgIpc) is 2.33. The Morgan fingerprint density at radius 1 is 1.26 bits per heavy atom. The summed E-state index contributed by atoms with van der Waals surface area (Å²) in [6.07, 6.45) is 0.346. The molecule has 0 fully saturated rings. The number of hydrogen-bond acceptors (Lipinski definition) is 3. The number of nitrogens with zero attached hydrogens (tertiary/aromatic N) is 1. The Bertz CT molecular complexity index is 331. The highest BCUT2D eigenvalue weighted by atomic mass is 16.4. The molecule has 1 atom stereocenters. The summed E-state index contributed by atoms with van der Waals surface area (Å²) in [7, 11) is 1.48. The average molecular weight is 273 g/mol. The number of carbonyl (C=O) groups excluding carboxylic acids is 2. The van der Waals surface area contributed by atoms with E-state index < -0.39 is 18.0 Å². The van der Waals surface area contributed by atoms with Gasteiger partial charge in [0.05, 0.1) is 0 Å². The van der Waals surface area contributed by atoms with Gasteiger partial charge in [-0.15, -0.1) is 0 Å². The molecule has 0 rings (SSSR count). The monoisotopic (exact) mass is 273 g/mol. The van der Waals surface area contributed by atoms with Gasteiger partial charge in [-0.2, -0.15) is 0 Å². The number of likely N-dealkylation sites (N-methyl/N-ethyl adjacent to an activating group) is 2. The third-order valence-electron chi connectivity index (χ3n) is 2.59. The van der Waals surface area contributed by atoms with E-state index in [0.717, 1.165) is 0 Å². The molecule has 0 aliphatic carbocycles. The molecule has 110 valence electrons. The van der Waals surface area contributed by atoms with Crippen molar-refractivity contribution >= 4 is 17.9 Å². The number of nitrogens with one attached hydrogen (secondary N) is 2. The molecule has 0 saturated carbocycles. The number of carboxylic acids is 1. The normalized spacial score (nSPS) is 11.8. The first kappa shape index (κ1) is 17.2. The van der Waals surface area contributed by atoms with Gasteiger partial charge >= 0.3 is 12.0 Å². The van der Waals surface area contributed by atoms with E-state index in [4.69, 9.17) is 5.11 Å². The summed E-state index contributed by atoms with van der Waals surface area (Å²) in [4.78, 5) is 35.4. The van der Waals surface area contributed by atoms with Crippen LogP contribution in [0.4, 0.5) is 4.79 Å². The van der Waals surface area contributed by atoms with Crippen LogP contribution in [0.2, 0.25) is 0 Å².